The average Bonchev–Trinajstić information content (AvgIpc) is 2.56. The van der Waals surface area contributed by atoms with Gasteiger partial charge in [0.05, 0.1) is 6.17 Å². The molecule has 1 unspecified atom stereocenters. The lowest BCUT2D eigenvalue weighted by Gasteiger charge is -2.24. The van der Waals surface area contributed by atoms with Gasteiger partial charge in [0.1, 0.15) is 0 Å². The molecule has 1 aliphatic rings. The monoisotopic (exact) mass is 165 g/mol. The third-order valence-corrected chi connectivity index (χ3v) is 2.11. The van der Waals surface area contributed by atoms with E-state index in [-0.39, 0.29) is 0 Å². The lowest BCUT2D eigenvalue weighted by molar-refractivity contribution is 0.220. The molecule has 2 heteroatoms. The van der Waals surface area contributed by atoms with Crippen molar-refractivity contribution in [2.45, 2.75) is 19.0 Å². The summed E-state index contributed by atoms with van der Waals surface area (Å²) in [5.74, 6) is 0. The molecule has 0 aromatic heterocycles. The van der Waals surface area contributed by atoms with Crippen LogP contribution in [-0.4, -0.2) is 30.7 Å². The Morgan fingerprint density at radius 2 is 2.00 bits per heavy atom. The number of hydrogen-bond donors (Lipinski definition) is 0. The van der Waals surface area contributed by atoms with E-state index < -0.39 is 0 Å². The normalized spacial score (nSPS) is 22.9. The summed E-state index contributed by atoms with van der Waals surface area (Å²) in [5, 5.41) is 4.50. The molecule has 0 saturated carbocycles. The van der Waals surface area contributed by atoms with Crippen molar-refractivity contribution < 1.29 is 0 Å². The van der Waals surface area contributed by atoms with Crippen LogP contribution in [0.25, 0.3) is 0 Å². The van der Waals surface area contributed by atoms with Gasteiger partial charge < -0.3 is 0 Å². The number of rotatable bonds is 5. The first-order chi connectivity index (χ1) is 5.88. The Morgan fingerprint density at radius 1 is 1.33 bits per heavy atom. The second kappa shape index (κ2) is 5.12. The Labute approximate surface area is 74.9 Å². The molecule has 2 nitrogen and oxygen atoms in total. The maximum atomic E-state index is 4.50. The highest BCUT2D eigenvalue weighted by Gasteiger charge is 2.20. The van der Waals surface area contributed by atoms with Crippen LogP contribution in [0.5, 0.6) is 0 Å². The highest BCUT2D eigenvalue weighted by molar-refractivity contribution is 4.85. The minimum Gasteiger partial charge on any atom is -0.279 e. The van der Waals surface area contributed by atoms with Gasteiger partial charge in [-0.3, -0.25) is 4.90 Å². The van der Waals surface area contributed by atoms with Crippen molar-refractivity contribution in [2.75, 3.05) is 19.6 Å². The van der Waals surface area contributed by atoms with Gasteiger partial charge in [0, 0.05) is 19.6 Å². The zero-order valence-corrected chi connectivity index (χ0v) is 7.58. The summed E-state index contributed by atoms with van der Waals surface area (Å²) in [6, 6.07) is 0. The zero-order valence-electron chi connectivity index (χ0n) is 7.58. The van der Waals surface area contributed by atoms with Gasteiger partial charge in [-0.15, -0.1) is 13.2 Å². The van der Waals surface area contributed by atoms with Crippen LogP contribution in [0.1, 0.15) is 12.8 Å². The van der Waals surface area contributed by atoms with Crippen molar-refractivity contribution in [2.24, 2.45) is 0 Å². The molecule has 0 aromatic rings. The Kier molecular flexibility index (Phi) is 4.05. The van der Waals surface area contributed by atoms with Crippen LogP contribution in [-0.2, 0) is 0 Å². The fraction of sp³-hybridized carbons (Fsp3) is 0.600. The highest BCUT2D eigenvalue weighted by atomic mass is 15.3. The Balaban J connectivity index is 2.38. The third kappa shape index (κ3) is 2.47. The second-order valence-electron chi connectivity index (χ2n) is 3.06. The minimum atomic E-state index is 0.418. The maximum Gasteiger partial charge on any atom is 0.0766 e. The lowest BCUT2D eigenvalue weighted by atomic mass is 10.3. The van der Waals surface area contributed by atoms with Crippen molar-refractivity contribution in [1.82, 2.24) is 10.2 Å². The molecule has 0 spiro atoms. The Morgan fingerprint density at radius 3 is 2.42 bits per heavy atom. The zero-order chi connectivity index (χ0) is 8.81. The first-order valence-electron chi connectivity index (χ1n) is 4.51. The number of nitrogens with zero attached hydrogens (tertiary/aromatic N) is 2. The quantitative estimate of drug-likeness (QED) is 0.563. The van der Waals surface area contributed by atoms with Crippen LogP contribution in [0.15, 0.2) is 25.3 Å². The molecular weight excluding hydrogens is 148 g/mol. The predicted molar refractivity (Wildman–Crippen MR) is 52.0 cm³/mol. The van der Waals surface area contributed by atoms with Gasteiger partial charge in [0.15, 0.2) is 0 Å². The van der Waals surface area contributed by atoms with Crippen molar-refractivity contribution >= 4 is 0 Å². The van der Waals surface area contributed by atoms with Gasteiger partial charge >= 0.3 is 0 Å². The molecule has 67 valence electrons. The van der Waals surface area contributed by atoms with Gasteiger partial charge in [0.25, 0.3) is 0 Å². The van der Waals surface area contributed by atoms with E-state index in [0.29, 0.717) is 6.17 Å². The summed E-state index contributed by atoms with van der Waals surface area (Å²) in [6.45, 7) is 10.3. The molecule has 1 rings (SSSR count). The third-order valence-electron chi connectivity index (χ3n) is 2.11. The van der Waals surface area contributed by atoms with Gasteiger partial charge in [-0.05, 0) is 12.8 Å². The molecule has 1 heterocycles. The molecule has 0 N–H and O–H groups in total. The van der Waals surface area contributed by atoms with Crippen LogP contribution >= 0.6 is 0 Å². The smallest absolute Gasteiger partial charge is 0.0766 e. The topological polar surface area (TPSA) is 17.3 Å². The van der Waals surface area contributed by atoms with E-state index in [1.165, 1.54) is 12.8 Å². The first kappa shape index (κ1) is 9.49. The molecule has 1 atom stereocenters. The van der Waals surface area contributed by atoms with Crippen molar-refractivity contribution in [3.8, 4) is 0 Å². The molecule has 0 amide bonds. The Bertz CT molecular complexity index is 138. The standard InChI is InChI=1S/C10H17N2/c1-3-8-12(9-4-2)10-6-5-7-11-10/h3-4,10H,1-2,5-9H2. The SMILES string of the molecule is C=CCN(CC=C)C1CCC[N]1. The molecule has 0 bridgehead atoms. The van der Waals surface area contributed by atoms with Crippen LogP contribution in [0, 0.1) is 0 Å². The second-order valence-corrected chi connectivity index (χ2v) is 3.06. The molecule has 1 aliphatic heterocycles. The van der Waals surface area contributed by atoms with Gasteiger partial charge in [-0.25, -0.2) is 5.32 Å². The van der Waals surface area contributed by atoms with Crippen molar-refractivity contribution in [3.63, 3.8) is 0 Å². The summed E-state index contributed by atoms with van der Waals surface area (Å²) < 4.78 is 0. The first-order valence-corrected chi connectivity index (χ1v) is 4.51. The van der Waals surface area contributed by atoms with E-state index in [1.807, 2.05) is 12.2 Å². The fourth-order valence-electron chi connectivity index (χ4n) is 1.55. The van der Waals surface area contributed by atoms with Crippen molar-refractivity contribution in [1.29, 1.82) is 0 Å². The van der Waals surface area contributed by atoms with Crippen molar-refractivity contribution in [3.05, 3.63) is 25.3 Å². The summed E-state index contributed by atoms with van der Waals surface area (Å²) in [4.78, 5) is 2.30. The molecule has 1 saturated heterocycles. The van der Waals surface area contributed by atoms with E-state index >= 15 is 0 Å². The van der Waals surface area contributed by atoms with E-state index in [9.17, 15) is 0 Å². The maximum absolute atomic E-state index is 4.50. The number of hydrogen-bond acceptors (Lipinski definition) is 1. The van der Waals surface area contributed by atoms with Crippen LogP contribution in [0.2, 0.25) is 0 Å². The lowest BCUT2D eigenvalue weighted by Crippen LogP contribution is -2.38. The fourth-order valence-corrected chi connectivity index (χ4v) is 1.55. The summed E-state index contributed by atoms with van der Waals surface area (Å²) in [5.41, 5.74) is 0. The van der Waals surface area contributed by atoms with Gasteiger partial charge in [0.2, 0.25) is 0 Å². The average molecular weight is 165 g/mol. The van der Waals surface area contributed by atoms with Gasteiger partial charge in [-0.2, -0.15) is 0 Å². The van der Waals surface area contributed by atoms with Crippen LogP contribution in [0.4, 0.5) is 0 Å². The molecule has 12 heavy (non-hydrogen) atoms. The molecule has 0 aromatic carbocycles. The molecular formula is C10H17N2. The molecule has 1 radical (unpaired) electrons. The van der Waals surface area contributed by atoms with E-state index in [0.717, 1.165) is 19.6 Å². The summed E-state index contributed by atoms with van der Waals surface area (Å²) in [6.07, 6.45) is 6.70. The largest absolute Gasteiger partial charge is 0.279 e. The van der Waals surface area contributed by atoms with Crippen LogP contribution < -0.4 is 5.32 Å². The minimum absolute atomic E-state index is 0.418. The highest BCUT2D eigenvalue weighted by Crippen LogP contribution is 2.11. The summed E-state index contributed by atoms with van der Waals surface area (Å²) in [7, 11) is 0. The van der Waals surface area contributed by atoms with Crippen LogP contribution in [0.3, 0.4) is 0 Å². The predicted octanol–water partition coefficient (Wildman–Crippen LogP) is 1.38. The molecule has 1 fully saturated rings. The molecule has 0 aliphatic carbocycles. The van der Waals surface area contributed by atoms with E-state index in [1.54, 1.807) is 0 Å². The van der Waals surface area contributed by atoms with E-state index in [2.05, 4.69) is 23.4 Å². The van der Waals surface area contributed by atoms with E-state index in [4.69, 9.17) is 0 Å². The summed E-state index contributed by atoms with van der Waals surface area (Å²) >= 11 is 0. The van der Waals surface area contributed by atoms with Gasteiger partial charge in [-0.1, -0.05) is 12.2 Å². The Hall–Kier alpha value is -0.600.